The van der Waals surface area contributed by atoms with Crippen LogP contribution in [0.4, 0.5) is 0 Å². The van der Waals surface area contributed by atoms with Crippen LogP contribution < -0.4 is 25.1 Å². The first-order valence-electron chi connectivity index (χ1n) is 8.92. The molecular formula is C20H20N2O7. The van der Waals surface area contributed by atoms with E-state index >= 15 is 0 Å². The van der Waals surface area contributed by atoms with Gasteiger partial charge in [-0.2, -0.15) is 0 Å². The molecule has 0 radical (unpaired) electrons. The quantitative estimate of drug-likeness (QED) is 0.526. The Morgan fingerprint density at radius 1 is 0.966 bits per heavy atom. The molecule has 0 bridgehead atoms. The number of benzene rings is 2. The van der Waals surface area contributed by atoms with Gasteiger partial charge in [-0.05, 0) is 24.3 Å². The highest BCUT2D eigenvalue weighted by molar-refractivity contribution is 5.86. The molecule has 3 rings (SSSR count). The molecule has 0 fully saturated rings. The van der Waals surface area contributed by atoms with Crippen LogP contribution in [0, 0.1) is 0 Å². The normalized spacial score (nSPS) is 14.4. The van der Waals surface area contributed by atoms with E-state index in [0.29, 0.717) is 17.2 Å². The number of carbonyl (C=O) groups excluding carboxylic acids is 3. The molecule has 1 heterocycles. The molecule has 1 atom stereocenters. The third kappa shape index (κ3) is 6.13. The minimum absolute atomic E-state index is 0.00905. The van der Waals surface area contributed by atoms with E-state index in [4.69, 9.17) is 18.9 Å². The lowest BCUT2D eigenvalue weighted by Crippen LogP contribution is -2.51. The van der Waals surface area contributed by atoms with E-state index in [2.05, 4.69) is 10.9 Å². The van der Waals surface area contributed by atoms with Crippen molar-refractivity contribution < 1.29 is 33.3 Å². The van der Waals surface area contributed by atoms with Gasteiger partial charge in [0.05, 0.1) is 13.0 Å². The van der Waals surface area contributed by atoms with Crippen molar-refractivity contribution in [3.8, 4) is 17.2 Å². The summed E-state index contributed by atoms with van der Waals surface area (Å²) in [6.07, 6.45) is -0.927. The maximum atomic E-state index is 12.1. The van der Waals surface area contributed by atoms with E-state index in [0.717, 1.165) is 0 Å². The summed E-state index contributed by atoms with van der Waals surface area (Å²) in [6, 6.07) is 16.0. The molecule has 2 aromatic rings. The molecule has 9 nitrogen and oxygen atoms in total. The molecule has 0 unspecified atom stereocenters. The van der Waals surface area contributed by atoms with Crippen molar-refractivity contribution in [3.63, 3.8) is 0 Å². The fourth-order valence-electron chi connectivity index (χ4n) is 2.38. The summed E-state index contributed by atoms with van der Waals surface area (Å²) in [5, 5.41) is 0. The Labute approximate surface area is 166 Å². The number of para-hydroxylation sites is 3. The lowest BCUT2D eigenvalue weighted by Gasteiger charge is -2.25. The van der Waals surface area contributed by atoms with Gasteiger partial charge in [-0.1, -0.05) is 30.3 Å². The van der Waals surface area contributed by atoms with Crippen molar-refractivity contribution in [2.45, 2.75) is 12.5 Å². The lowest BCUT2D eigenvalue weighted by molar-refractivity contribution is -0.149. The lowest BCUT2D eigenvalue weighted by atomic mass is 10.2. The molecule has 9 heteroatoms. The molecule has 1 aliphatic heterocycles. The third-order valence-electron chi connectivity index (χ3n) is 3.81. The summed E-state index contributed by atoms with van der Waals surface area (Å²) in [4.78, 5) is 35.4. The van der Waals surface area contributed by atoms with E-state index in [9.17, 15) is 14.4 Å². The van der Waals surface area contributed by atoms with Gasteiger partial charge in [0.1, 0.15) is 12.4 Å². The topological polar surface area (TPSA) is 112 Å². The van der Waals surface area contributed by atoms with Crippen molar-refractivity contribution in [1.29, 1.82) is 0 Å². The van der Waals surface area contributed by atoms with E-state index < -0.39 is 30.5 Å². The molecule has 2 aromatic carbocycles. The Kier molecular flexibility index (Phi) is 6.88. The highest BCUT2D eigenvalue weighted by Crippen LogP contribution is 2.30. The second-order valence-corrected chi connectivity index (χ2v) is 5.97. The van der Waals surface area contributed by atoms with Crippen molar-refractivity contribution >= 4 is 17.8 Å². The number of hydrogen-bond donors (Lipinski definition) is 2. The van der Waals surface area contributed by atoms with Gasteiger partial charge >= 0.3 is 5.97 Å². The molecule has 2 amide bonds. The van der Waals surface area contributed by atoms with Gasteiger partial charge in [-0.25, -0.2) is 0 Å². The van der Waals surface area contributed by atoms with Crippen LogP contribution in [-0.4, -0.2) is 43.7 Å². The molecule has 152 valence electrons. The molecule has 29 heavy (non-hydrogen) atoms. The fourth-order valence-corrected chi connectivity index (χ4v) is 2.38. The molecular weight excluding hydrogens is 380 g/mol. The second-order valence-electron chi connectivity index (χ2n) is 5.97. The Bertz CT molecular complexity index is 857. The van der Waals surface area contributed by atoms with Crippen molar-refractivity contribution in [2.75, 3.05) is 19.8 Å². The van der Waals surface area contributed by atoms with Gasteiger partial charge in [0, 0.05) is 0 Å². The first-order valence-corrected chi connectivity index (χ1v) is 8.92. The summed E-state index contributed by atoms with van der Waals surface area (Å²) >= 11 is 0. The molecule has 0 saturated heterocycles. The highest BCUT2D eigenvalue weighted by atomic mass is 16.6. The number of rotatable bonds is 7. The molecule has 2 N–H and O–H groups in total. The minimum Gasteiger partial charge on any atom is -0.493 e. The summed E-state index contributed by atoms with van der Waals surface area (Å²) in [6.45, 7) is -0.397. The SMILES string of the molecule is O=C(COC(=O)CCOc1ccccc1)NNC(=O)[C@H]1COc2ccccc2O1. The summed E-state index contributed by atoms with van der Waals surface area (Å²) in [7, 11) is 0. The van der Waals surface area contributed by atoms with Gasteiger partial charge in [-0.3, -0.25) is 25.2 Å². The fraction of sp³-hybridized carbons (Fsp3) is 0.250. The molecule has 1 aliphatic rings. The first kappa shape index (κ1) is 20.0. The van der Waals surface area contributed by atoms with Crippen LogP contribution in [0.5, 0.6) is 17.2 Å². The number of ether oxygens (including phenoxy) is 4. The van der Waals surface area contributed by atoms with Gasteiger partial charge < -0.3 is 18.9 Å². The summed E-state index contributed by atoms with van der Waals surface area (Å²) in [5.74, 6) is -0.246. The van der Waals surface area contributed by atoms with Crippen LogP contribution in [0.2, 0.25) is 0 Å². The summed E-state index contributed by atoms with van der Waals surface area (Å²) in [5.41, 5.74) is 4.37. The van der Waals surface area contributed by atoms with E-state index in [1.165, 1.54) is 0 Å². The number of amides is 2. The largest absolute Gasteiger partial charge is 0.493 e. The maximum absolute atomic E-state index is 12.1. The number of hydrazine groups is 1. The van der Waals surface area contributed by atoms with E-state index in [1.807, 2.05) is 18.2 Å². The highest BCUT2D eigenvalue weighted by Gasteiger charge is 2.27. The zero-order valence-electron chi connectivity index (χ0n) is 15.5. The number of fused-ring (bicyclic) bond motifs is 1. The van der Waals surface area contributed by atoms with Gasteiger partial charge in [0.2, 0.25) is 6.10 Å². The van der Waals surface area contributed by atoms with Crippen LogP contribution in [0.15, 0.2) is 54.6 Å². The summed E-state index contributed by atoms with van der Waals surface area (Å²) < 4.78 is 21.1. The van der Waals surface area contributed by atoms with E-state index in [-0.39, 0.29) is 19.6 Å². The average molecular weight is 400 g/mol. The predicted octanol–water partition coefficient (Wildman–Crippen LogP) is 0.986. The average Bonchev–Trinajstić information content (AvgIpc) is 2.76. The molecule has 0 aromatic heterocycles. The molecule has 0 spiro atoms. The molecule has 0 saturated carbocycles. The van der Waals surface area contributed by atoms with Crippen LogP contribution in [0.1, 0.15) is 6.42 Å². The van der Waals surface area contributed by atoms with Crippen LogP contribution >= 0.6 is 0 Å². The Morgan fingerprint density at radius 3 is 2.48 bits per heavy atom. The van der Waals surface area contributed by atoms with E-state index in [1.54, 1.807) is 36.4 Å². The number of hydrogen-bond acceptors (Lipinski definition) is 7. The standard InChI is InChI=1S/C20H20N2O7/c23-18(13-28-19(24)10-11-26-14-6-2-1-3-7-14)21-22-20(25)17-12-27-15-8-4-5-9-16(15)29-17/h1-9,17H,10-13H2,(H,21,23)(H,22,25)/t17-/m1/s1. The van der Waals surface area contributed by atoms with Crippen molar-refractivity contribution in [3.05, 3.63) is 54.6 Å². The zero-order valence-corrected chi connectivity index (χ0v) is 15.5. The van der Waals surface area contributed by atoms with Gasteiger partial charge in [0.25, 0.3) is 11.8 Å². The Hall–Kier alpha value is -3.75. The maximum Gasteiger partial charge on any atom is 0.309 e. The number of esters is 1. The van der Waals surface area contributed by atoms with Crippen molar-refractivity contribution in [1.82, 2.24) is 10.9 Å². The molecule has 0 aliphatic carbocycles. The van der Waals surface area contributed by atoms with Gasteiger partial charge in [0.15, 0.2) is 18.1 Å². The van der Waals surface area contributed by atoms with Crippen LogP contribution in [0.25, 0.3) is 0 Å². The van der Waals surface area contributed by atoms with Crippen molar-refractivity contribution in [2.24, 2.45) is 0 Å². The monoisotopic (exact) mass is 400 g/mol. The van der Waals surface area contributed by atoms with Crippen LogP contribution in [-0.2, 0) is 19.1 Å². The second kappa shape index (κ2) is 9.98. The Balaban J connectivity index is 1.30. The minimum atomic E-state index is -0.914. The zero-order chi connectivity index (χ0) is 20.5. The number of carbonyl (C=O) groups is 3. The smallest absolute Gasteiger partial charge is 0.309 e. The Morgan fingerprint density at radius 2 is 1.69 bits per heavy atom. The third-order valence-corrected chi connectivity index (χ3v) is 3.81. The predicted molar refractivity (Wildman–Crippen MR) is 100 cm³/mol. The van der Waals surface area contributed by atoms with Crippen LogP contribution in [0.3, 0.4) is 0 Å². The number of nitrogens with one attached hydrogen (secondary N) is 2. The van der Waals surface area contributed by atoms with Gasteiger partial charge in [-0.15, -0.1) is 0 Å². The first-order chi connectivity index (χ1) is 14.1.